The molecule has 0 bridgehead atoms. The predicted octanol–water partition coefficient (Wildman–Crippen LogP) is 3.27. The molecule has 6 nitrogen and oxygen atoms in total. The van der Waals surface area contributed by atoms with Crippen LogP contribution >= 0.6 is 0 Å². The van der Waals surface area contributed by atoms with E-state index in [-0.39, 0.29) is 17.9 Å². The topological polar surface area (TPSA) is 70.7 Å². The smallest absolute Gasteiger partial charge is 0.250 e. The van der Waals surface area contributed by atoms with Crippen molar-refractivity contribution in [2.45, 2.75) is 37.8 Å². The van der Waals surface area contributed by atoms with Crippen molar-refractivity contribution in [3.8, 4) is 5.75 Å². The molecule has 0 aromatic heterocycles. The number of nitrogens with zero attached hydrogens (tertiary/aromatic N) is 1. The van der Waals surface area contributed by atoms with Crippen molar-refractivity contribution in [1.82, 2.24) is 4.90 Å². The Morgan fingerprint density at radius 3 is 2.79 bits per heavy atom. The van der Waals surface area contributed by atoms with Gasteiger partial charge in [-0.1, -0.05) is 18.2 Å². The summed E-state index contributed by atoms with van der Waals surface area (Å²) in [4.78, 5) is 29.2. The maximum atomic E-state index is 13.5. The van der Waals surface area contributed by atoms with Crippen LogP contribution in [0.5, 0.6) is 5.75 Å². The van der Waals surface area contributed by atoms with E-state index in [4.69, 9.17) is 4.74 Å². The molecule has 2 saturated heterocycles. The van der Waals surface area contributed by atoms with E-state index in [0.717, 1.165) is 42.0 Å². The number of anilines is 2. The van der Waals surface area contributed by atoms with Crippen LogP contribution in [0.1, 0.15) is 30.4 Å². The molecule has 0 aliphatic carbocycles. The Labute approximate surface area is 170 Å². The van der Waals surface area contributed by atoms with E-state index < -0.39 is 11.5 Å². The number of ether oxygens (including phenoxy) is 1. The summed E-state index contributed by atoms with van der Waals surface area (Å²) in [6.45, 7) is 2.85. The van der Waals surface area contributed by atoms with Gasteiger partial charge in [0, 0.05) is 23.0 Å². The molecule has 150 valence electrons. The first-order chi connectivity index (χ1) is 14.1. The largest absolute Gasteiger partial charge is 0.497 e. The average molecular weight is 391 g/mol. The predicted molar refractivity (Wildman–Crippen MR) is 111 cm³/mol. The summed E-state index contributed by atoms with van der Waals surface area (Å²) < 4.78 is 5.19. The fourth-order valence-electron chi connectivity index (χ4n) is 5.50. The minimum atomic E-state index is -0.918. The van der Waals surface area contributed by atoms with Crippen LogP contribution in [0.15, 0.2) is 42.5 Å². The van der Waals surface area contributed by atoms with Gasteiger partial charge < -0.3 is 15.4 Å². The van der Waals surface area contributed by atoms with Gasteiger partial charge in [0.2, 0.25) is 11.8 Å². The van der Waals surface area contributed by atoms with Crippen molar-refractivity contribution in [2.24, 2.45) is 5.92 Å². The second kappa shape index (κ2) is 6.59. The molecule has 5 rings (SSSR count). The Kier molecular flexibility index (Phi) is 4.13. The van der Waals surface area contributed by atoms with E-state index in [1.165, 1.54) is 0 Å². The zero-order chi connectivity index (χ0) is 20.2. The number of amides is 2. The summed E-state index contributed by atoms with van der Waals surface area (Å²) in [6, 6.07) is 13.5. The Balaban J connectivity index is 1.55. The van der Waals surface area contributed by atoms with Gasteiger partial charge in [-0.05, 0) is 62.6 Å². The molecule has 0 saturated carbocycles. The SMILES string of the molecule is COc1ccc(NC(=O)[C@H]2C[C@@H]3CCCN3[C@]23C(=O)Nc2c(C)cccc23)cc1. The molecule has 1 spiro atoms. The summed E-state index contributed by atoms with van der Waals surface area (Å²) >= 11 is 0. The molecule has 6 heteroatoms. The third kappa shape index (κ3) is 2.52. The van der Waals surface area contributed by atoms with E-state index in [1.54, 1.807) is 7.11 Å². The molecule has 2 N–H and O–H groups in total. The number of methoxy groups -OCH3 is 1. The summed E-state index contributed by atoms with van der Waals surface area (Å²) in [5.41, 5.74) is 2.64. The Morgan fingerprint density at radius 1 is 1.24 bits per heavy atom. The number of rotatable bonds is 3. The first-order valence-corrected chi connectivity index (χ1v) is 10.2. The highest BCUT2D eigenvalue weighted by Gasteiger charge is 2.65. The van der Waals surface area contributed by atoms with Crippen molar-refractivity contribution in [1.29, 1.82) is 0 Å². The quantitative estimate of drug-likeness (QED) is 0.843. The van der Waals surface area contributed by atoms with E-state index in [2.05, 4.69) is 15.5 Å². The second-order valence-corrected chi connectivity index (χ2v) is 8.21. The van der Waals surface area contributed by atoms with Crippen molar-refractivity contribution < 1.29 is 14.3 Å². The van der Waals surface area contributed by atoms with Gasteiger partial charge in [-0.15, -0.1) is 0 Å². The summed E-state index contributed by atoms with van der Waals surface area (Å²) in [5.74, 6) is 0.133. The Bertz CT molecular complexity index is 987. The molecule has 0 unspecified atom stereocenters. The van der Waals surface area contributed by atoms with Gasteiger partial charge in [0.25, 0.3) is 0 Å². The molecule has 3 heterocycles. The van der Waals surface area contributed by atoms with Crippen LogP contribution in [-0.2, 0) is 15.1 Å². The molecule has 2 amide bonds. The van der Waals surface area contributed by atoms with Crippen LogP contribution in [0.2, 0.25) is 0 Å². The van der Waals surface area contributed by atoms with E-state index in [9.17, 15) is 9.59 Å². The summed E-state index contributed by atoms with van der Waals surface area (Å²) in [6.07, 6.45) is 2.79. The molecule has 2 fully saturated rings. The summed E-state index contributed by atoms with van der Waals surface area (Å²) in [5, 5.41) is 6.14. The third-order valence-corrected chi connectivity index (χ3v) is 6.78. The van der Waals surface area contributed by atoms with Crippen LogP contribution < -0.4 is 15.4 Å². The van der Waals surface area contributed by atoms with E-state index in [0.29, 0.717) is 12.1 Å². The maximum absolute atomic E-state index is 13.5. The van der Waals surface area contributed by atoms with Crippen molar-refractivity contribution in [2.75, 3.05) is 24.3 Å². The number of aryl methyl sites for hydroxylation is 1. The minimum Gasteiger partial charge on any atom is -0.497 e. The maximum Gasteiger partial charge on any atom is 0.250 e. The molecular formula is C23H25N3O3. The van der Waals surface area contributed by atoms with Gasteiger partial charge in [0.05, 0.1) is 13.0 Å². The Morgan fingerprint density at radius 2 is 2.03 bits per heavy atom. The van der Waals surface area contributed by atoms with Crippen LogP contribution in [0.25, 0.3) is 0 Å². The summed E-state index contributed by atoms with van der Waals surface area (Å²) in [7, 11) is 1.61. The molecule has 0 radical (unpaired) electrons. The van der Waals surface area contributed by atoms with Gasteiger partial charge in [-0.25, -0.2) is 0 Å². The molecule has 3 atom stereocenters. The van der Waals surface area contributed by atoms with Crippen LogP contribution in [0.4, 0.5) is 11.4 Å². The lowest BCUT2D eigenvalue weighted by Gasteiger charge is -2.36. The van der Waals surface area contributed by atoms with Gasteiger partial charge in [-0.2, -0.15) is 0 Å². The number of carbonyl (C=O) groups is 2. The molecule has 3 aliphatic rings. The number of hydrogen-bond acceptors (Lipinski definition) is 4. The number of hydrogen-bond donors (Lipinski definition) is 2. The number of para-hydroxylation sites is 1. The molecule has 2 aromatic rings. The van der Waals surface area contributed by atoms with E-state index >= 15 is 0 Å². The molecule has 3 aliphatic heterocycles. The minimum absolute atomic E-state index is 0.0684. The monoisotopic (exact) mass is 391 g/mol. The fraction of sp³-hybridized carbons (Fsp3) is 0.391. The molecular weight excluding hydrogens is 366 g/mol. The third-order valence-electron chi connectivity index (χ3n) is 6.78. The zero-order valence-electron chi connectivity index (χ0n) is 16.7. The number of nitrogens with one attached hydrogen (secondary N) is 2. The van der Waals surface area contributed by atoms with Crippen molar-refractivity contribution >= 4 is 23.2 Å². The molecule has 2 aromatic carbocycles. The van der Waals surface area contributed by atoms with Gasteiger partial charge >= 0.3 is 0 Å². The highest BCUT2D eigenvalue weighted by Crippen LogP contribution is 2.56. The molecule has 29 heavy (non-hydrogen) atoms. The lowest BCUT2D eigenvalue weighted by molar-refractivity contribution is -0.135. The van der Waals surface area contributed by atoms with Gasteiger partial charge in [0.15, 0.2) is 0 Å². The Hall–Kier alpha value is -2.86. The number of fused-ring (bicyclic) bond motifs is 4. The first-order valence-electron chi connectivity index (χ1n) is 10.2. The standard InChI is InChI=1S/C23H25N3O3/c1-14-5-3-7-18-20(14)25-22(28)23(18)19(13-16-6-4-12-26(16)23)21(27)24-15-8-10-17(29-2)11-9-15/h3,5,7-11,16,19H,4,6,12-13H2,1-2H3,(H,24,27)(H,25,28)/t16-,19+,23-/m0/s1. The van der Waals surface area contributed by atoms with Crippen LogP contribution in [-0.4, -0.2) is 36.4 Å². The lowest BCUT2D eigenvalue weighted by Crippen LogP contribution is -2.53. The fourth-order valence-corrected chi connectivity index (χ4v) is 5.50. The van der Waals surface area contributed by atoms with Crippen LogP contribution in [0, 0.1) is 12.8 Å². The number of benzene rings is 2. The van der Waals surface area contributed by atoms with Gasteiger partial charge in [0.1, 0.15) is 11.3 Å². The highest BCUT2D eigenvalue weighted by atomic mass is 16.5. The van der Waals surface area contributed by atoms with Crippen LogP contribution in [0.3, 0.4) is 0 Å². The second-order valence-electron chi connectivity index (χ2n) is 8.21. The lowest BCUT2D eigenvalue weighted by atomic mass is 9.78. The van der Waals surface area contributed by atoms with Crippen molar-refractivity contribution in [3.05, 3.63) is 53.6 Å². The average Bonchev–Trinajstić information content (AvgIpc) is 3.38. The zero-order valence-corrected chi connectivity index (χ0v) is 16.7. The number of carbonyl (C=O) groups excluding carboxylic acids is 2. The highest BCUT2D eigenvalue weighted by molar-refractivity contribution is 6.11. The van der Waals surface area contributed by atoms with Gasteiger partial charge in [-0.3, -0.25) is 14.5 Å². The van der Waals surface area contributed by atoms with E-state index in [1.807, 2.05) is 49.4 Å². The first kappa shape index (κ1) is 18.2. The normalized spacial score (nSPS) is 27.6. The van der Waals surface area contributed by atoms with Crippen molar-refractivity contribution in [3.63, 3.8) is 0 Å².